The normalized spacial score (nSPS) is 12.2. The third-order valence-corrected chi connectivity index (χ3v) is 5.17. The van der Waals surface area contributed by atoms with Gasteiger partial charge in [-0.05, 0) is 41.2 Å². The molecule has 0 amide bonds. The number of fused-ring (bicyclic) bond motifs is 1. The van der Waals surface area contributed by atoms with Gasteiger partial charge in [-0.25, -0.2) is 0 Å². The lowest BCUT2D eigenvalue weighted by atomic mass is 9.98. The lowest BCUT2D eigenvalue weighted by Crippen LogP contribution is -2.04. The van der Waals surface area contributed by atoms with Crippen LogP contribution in [0.2, 0.25) is 0 Å². The summed E-state index contributed by atoms with van der Waals surface area (Å²) in [7, 11) is -4.18. The molecule has 0 atom stereocenters. The van der Waals surface area contributed by atoms with Crippen molar-refractivity contribution in [1.82, 2.24) is 0 Å². The molecule has 0 aliphatic carbocycles. The Kier molecular flexibility index (Phi) is 6.19. The maximum atomic E-state index is 11.7. The molecule has 2 aromatic carbocycles. The minimum absolute atomic E-state index is 0.0541. The zero-order chi connectivity index (χ0) is 16.9. The molecule has 0 aliphatic rings. The summed E-state index contributed by atoms with van der Waals surface area (Å²) in [6, 6.07) is 11.0. The van der Waals surface area contributed by atoms with E-state index in [0.29, 0.717) is 6.42 Å². The number of benzene rings is 2. The molecular weight excluding hydrogens is 308 g/mol. The fraction of sp³-hybridized carbons (Fsp3) is 0.474. The van der Waals surface area contributed by atoms with E-state index in [9.17, 15) is 13.0 Å². The maximum Gasteiger partial charge on any atom is 0.294 e. The van der Waals surface area contributed by atoms with Crippen molar-refractivity contribution in [3.05, 3.63) is 42.0 Å². The van der Waals surface area contributed by atoms with Crippen LogP contribution in [0.25, 0.3) is 10.8 Å². The quantitative estimate of drug-likeness (QED) is 0.531. The van der Waals surface area contributed by atoms with Crippen LogP contribution in [0.1, 0.15) is 51.5 Å². The van der Waals surface area contributed by atoms with Crippen molar-refractivity contribution in [3.63, 3.8) is 0 Å². The van der Waals surface area contributed by atoms with E-state index in [-0.39, 0.29) is 4.90 Å². The molecule has 23 heavy (non-hydrogen) atoms. The molecular formula is C19H26O3S. The third kappa shape index (κ3) is 5.05. The van der Waals surface area contributed by atoms with Crippen LogP contribution in [-0.4, -0.2) is 13.0 Å². The lowest BCUT2D eigenvalue weighted by Gasteiger charge is -2.11. The van der Waals surface area contributed by atoms with Gasteiger partial charge in [0.1, 0.15) is 0 Å². The second kappa shape index (κ2) is 7.93. The first kappa shape index (κ1) is 18.0. The topological polar surface area (TPSA) is 54.4 Å². The molecule has 0 saturated carbocycles. The van der Waals surface area contributed by atoms with Crippen molar-refractivity contribution in [2.45, 2.75) is 57.3 Å². The first-order valence-corrected chi connectivity index (χ1v) is 9.81. The fourth-order valence-corrected chi connectivity index (χ4v) is 3.79. The monoisotopic (exact) mass is 334 g/mol. The summed E-state index contributed by atoms with van der Waals surface area (Å²) in [5.41, 5.74) is 0.745. The molecule has 2 aromatic rings. The van der Waals surface area contributed by atoms with Crippen molar-refractivity contribution in [2.75, 3.05) is 0 Å². The highest BCUT2D eigenvalue weighted by atomic mass is 32.2. The Morgan fingerprint density at radius 3 is 2.35 bits per heavy atom. The van der Waals surface area contributed by atoms with Crippen LogP contribution >= 0.6 is 0 Å². The van der Waals surface area contributed by atoms with Gasteiger partial charge in [0.05, 0.1) is 4.90 Å². The van der Waals surface area contributed by atoms with Gasteiger partial charge in [0, 0.05) is 0 Å². The predicted octanol–water partition coefficient (Wildman–Crippen LogP) is 5.24. The lowest BCUT2D eigenvalue weighted by molar-refractivity contribution is 0.481. The third-order valence-electron chi connectivity index (χ3n) is 4.23. The second-order valence-corrected chi connectivity index (χ2v) is 7.98. The highest BCUT2D eigenvalue weighted by molar-refractivity contribution is 7.85. The SMILES string of the molecule is CC(C)CCCCCCc1c(S(=O)(=O)O)ccc2ccccc12. The first-order valence-electron chi connectivity index (χ1n) is 8.37. The van der Waals surface area contributed by atoms with Crippen molar-refractivity contribution >= 4 is 20.9 Å². The summed E-state index contributed by atoms with van der Waals surface area (Å²) in [4.78, 5) is 0.0541. The van der Waals surface area contributed by atoms with Crippen LogP contribution in [-0.2, 0) is 16.5 Å². The van der Waals surface area contributed by atoms with E-state index in [1.807, 2.05) is 24.3 Å². The summed E-state index contributed by atoms with van der Waals surface area (Å²) < 4.78 is 32.8. The Balaban J connectivity index is 2.14. The maximum absolute atomic E-state index is 11.7. The number of unbranched alkanes of at least 4 members (excludes halogenated alkanes) is 3. The Bertz CT molecular complexity index is 748. The molecule has 0 aromatic heterocycles. The van der Waals surface area contributed by atoms with Crippen LogP contribution < -0.4 is 0 Å². The minimum atomic E-state index is -4.18. The Hall–Kier alpha value is -1.39. The molecule has 0 aliphatic heterocycles. The van der Waals surface area contributed by atoms with E-state index in [1.54, 1.807) is 6.07 Å². The largest absolute Gasteiger partial charge is 0.294 e. The predicted molar refractivity (Wildman–Crippen MR) is 95.4 cm³/mol. The van der Waals surface area contributed by atoms with E-state index in [0.717, 1.165) is 35.1 Å². The standard InChI is InChI=1S/C19H26O3S/c1-15(2)9-5-3-4-6-12-18-17-11-8-7-10-16(17)13-14-19(18)23(20,21)22/h7-8,10-11,13-15H,3-6,9,12H2,1-2H3,(H,20,21,22). The zero-order valence-corrected chi connectivity index (χ0v) is 14.8. The van der Waals surface area contributed by atoms with E-state index < -0.39 is 10.1 Å². The molecule has 1 N–H and O–H groups in total. The molecule has 3 nitrogen and oxygen atoms in total. The summed E-state index contributed by atoms with van der Waals surface area (Å²) in [5, 5.41) is 1.93. The zero-order valence-electron chi connectivity index (χ0n) is 14.0. The van der Waals surface area contributed by atoms with Crippen LogP contribution in [0.3, 0.4) is 0 Å². The van der Waals surface area contributed by atoms with Gasteiger partial charge >= 0.3 is 0 Å². The molecule has 0 unspecified atom stereocenters. The molecule has 0 saturated heterocycles. The second-order valence-electron chi connectivity index (χ2n) is 6.59. The molecule has 0 spiro atoms. The van der Waals surface area contributed by atoms with Gasteiger partial charge in [-0.2, -0.15) is 8.42 Å². The number of hydrogen-bond donors (Lipinski definition) is 1. The van der Waals surface area contributed by atoms with Crippen LogP contribution in [0, 0.1) is 5.92 Å². The average molecular weight is 334 g/mol. The average Bonchev–Trinajstić information content (AvgIpc) is 2.49. The van der Waals surface area contributed by atoms with E-state index >= 15 is 0 Å². The molecule has 0 heterocycles. The van der Waals surface area contributed by atoms with E-state index in [4.69, 9.17) is 0 Å². The summed E-state index contributed by atoms with van der Waals surface area (Å²) in [6.07, 6.45) is 6.33. The summed E-state index contributed by atoms with van der Waals surface area (Å²) in [6.45, 7) is 4.46. The van der Waals surface area contributed by atoms with Crippen molar-refractivity contribution < 1.29 is 13.0 Å². The fourth-order valence-electron chi connectivity index (χ4n) is 3.02. The number of rotatable bonds is 8. The van der Waals surface area contributed by atoms with Gasteiger partial charge in [0.15, 0.2) is 0 Å². The summed E-state index contributed by atoms with van der Waals surface area (Å²) >= 11 is 0. The van der Waals surface area contributed by atoms with Gasteiger partial charge in [-0.1, -0.05) is 69.9 Å². The first-order chi connectivity index (χ1) is 10.9. The smallest absolute Gasteiger partial charge is 0.282 e. The van der Waals surface area contributed by atoms with Gasteiger partial charge in [0.2, 0.25) is 0 Å². The van der Waals surface area contributed by atoms with Gasteiger partial charge in [0.25, 0.3) is 10.1 Å². The van der Waals surface area contributed by atoms with Crippen LogP contribution in [0.5, 0.6) is 0 Å². The van der Waals surface area contributed by atoms with Gasteiger partial charge < -0.3 is 0 Å². The molecule has 126 valence electrons. The van der Waals surface area contributed by atoms with Crippen LogP contribution in [0.4, 0.5) is 0 Å². The van der Waals surface area contributed by atoms with Crippen molar-refractivity contribution in [2.24, 2.45) is 5.92 Å². The molecule has 2 rings (SSSR count). The van der Waals surface area contributed by atoms with Gasteiger partial charge in [-0.3, -0.25) is 4.55 Å². The number of aryl methyl sites for hydroxylation is 1. The molecule has 0 bridgehead atoms. The Morgan fingerprint density at radius 1 is 0.957 bits per heavy atom. The van der Waals surface area contributed by atoms with E-state index in [2.05, 4.69) is 13.8 Å². The van der Waals surface area contributed by atoms with Crippen molar-refractivity contribution in [1.29, 1.82) is 0 Å². The van der Waals surface area contributed by atoms with Crippen molar-refractivity contribution in [3.8, 4) is 0 Å². The molecule has 0 fully saturated rings. The molecule has 0 radical (unpaired) electrons. The Labute approximate surface area is 139 Å². The van der Waals surface area contributed by atoms with Gasteiger partial charge in [-0.15, -0.1) is 0 Å². The van der Waals surface area contributed by atoms with E-state index in [1.165, 1.54) is 25.3 Å². The Morgan fingerprint density at radius 2 is 1.65 bits per heavy atom. The number of hydrogen-bond acceptors (Lipinski definition) is 2. The summed E-state index contributed by atoms with van der Waals surface area (Å²) in [5.74, 6) is 0.735. The molecule has 4 heteroatoms. The van der Waals surface area contributed by atoms with Crippen LogP contribution in [0.15, 0.2) is 41.3 Å². The highest BCUT2D eigenvalue weighted by Crippen LogP contribution is 2.27. The highest BCUT2D eigenvalue weighted by Gasteiger charge is 2.17. The minimum Gasteiger partial charge on any atom is -0.282 e.